The van der Waals surface area contributed by atoms with Gasteiger partial charge in [0.25, 0.3) is 0 Å². The average molecular weight is 881 g/mol. The Morgan fingerprint density at radius 2 is 1.15 bits per heavy atom. The van der Waals surface area contributed by atoms with E-state index in [1.807, 2.05) is 71.0 Å². The molecule has 0 bridgehead atoms. The number of rotatable bonds is 13. The van der Waals surface area contributed by atoms with E-state index in [-0.39, 0.29) is 54.6 Å². The van der Waals surface area contributed by atoms with E-state index in [1.54, 1.807) is 40.1 Å². The maximum Gasteiger partial charge on any atom is 0.247 e. The fourth-order valence-electron chi connectivity index (χ4n) is 8.61. The van der Waals surface area contributed by atoms with Crippen LogP contribution in [0.25, 0.3) is 0 Å². The lowest BCUT2D eigenvalue weighted by atomic mass is 9.83. The molecule has 4 fully saturated rings. The van der Waals surface area contributed by atoms with Crippen LogP contribution in [0, 0.1) is 10.8 Å². The highest BCUT2D eigenvalue weighted by atomic mass is 33.1. The molecular weight excluding hydrogens is 821 g/mol. The van der Waals surface area contributed by atoms with Crippen LogP contribution in [0.4, 0.5) is 11.4 Å². The molecule has 0 radical (unpaired) electrons. The number of benzene rings is 2. The van der Waals surface area contributed by atoms with Gasteiger partial charge in [-0.05, 0) is 76.4 Å². The smallest absolute Gasteiger partial charge is 0.247 e. The Bertz CT molecular complexity index is 2000. The predicted octanol–water partition coefficient (Wildman–Crippen LogP) is 3.68. The second kappa shape index (κ2) is 19.0. The molecule has 6 amide bonds. The molecule has 4 aliphatic rings. The van der Waals surface area contributed by atoms with Gasteiger partial charge in [0.05, 0.1) is 36.2 Å². The van der Waals surface area contributed by atoms with Crippen molar-refractivity contribution in [2.45, 2.75) is 139 Å². The summed E-state index contributed by atoms with van der Waals surface area (Å²) in [6.07, 6.45) is -0.124. The molecule has 6 rings (SSSR count). The van der Waals surface area contributed by atoms with Crippen LogP contribution < -0.4 is 31.9 Å². The number of amides is 6. The number of fused-ring (bicyclic) bond motifs is 2. The van der Waals surface area contributed by atoms with Crippen molar-refractivity contribution < 1.29 is 38.2 Å². The van der Waals surface area contributed by atoms with Crippen LogP contribution >= 0.6 is 21.6 Å². The minimum Gasteiger partial charge on any atom is -0.358 e. The summed E-state index contributed by atoms with van der Waals surface area (Å²) in [6, 6.07) is 10.2. The van der Waals surface area contributed by atoms with Gasteiger partial charge < -0.3 is 51.2 Å². The Hall–Kier alpha value is -4.20. The number of para-hydroxylation sites is 2. The Morgan fingerprint density at radius 1 is 0.705 bits per heavy atom. The summed E-state index contributed by atoms with van der Waals surface area (Å²) < 4.78 is 12.4. The number of nitrogens with zero attached hydrogens (tertiary/aromatic N) is 2. The largest absolute Gasteiger partial charge is 0.358 e. The standard InChI is InChI=1S/C43H60N8O8S2/c1-23-20-29(49-37(53)25(3)45-9)41(57)51-33(59-23)22-43(6,7)35(51)39(55)47-27-15-11-13-17-31(27)61-60-30-16-12-10-14-26(30)46-38(54)34-42(4,5)21-32-50(34)40(56)28(18-19-58-32)48-36(52)24(2)44-8/h10-17,23-25,28-29,32-35,44-45H,18-22H2,1-9H3,(H,46,54)(H,47,55)(H,48,52)(H,49,53)/t23-,24-,25-,28-,29-,32-,33-,34?,35?/m0/s1. The van der Waals surface area contributed by atoms with Gasteiger partial charge in [-0.2, -0.15) is 0 Å². The molecule has 2 aromatic carbocycles. The quantitative estimate of drug-likeness (QED) is 0.160. The lowest BCUT2D eigenvalue weighted by Crippen LogP contribution is -2.57. The Morgan fingerprint density at radius 3 is 1.66 bits per heavy atom. The van der Waals surface area contributed by atoms with Crippen molar-refractivity contribution in [1.29, 1.82) is 0 Å². The Kier molecular flexibility index (Phi) is 14.5. The zero-order chi connectivity index (χ0) is 44.4. The third-order valence-electron chi connectivity index (χ3n) is 12.1. The van der Waals surface area contributed by atoms with Crippen molar-refractivity contribution in [3.05, 3.63) is 48.5 Å². The molecule has 0 spiro atoms. The maximum atomic E-state index is 14.4. The highest BCUT2D eigenvalue weighted by Gasteiger charge is 2.57. The van der Waals surface area contributed by atoms with Crippen molar-refractivity contribution in [2.75, 3.05) is 31.3 Å². The van der Waals surface area contributed by atoms with Gasteiger partial charge in [0.15, 0.2) is 0 Å². The SMILES string of the molecule is CN[C@@H](C)C(=O)N[C@H]1CCO[C@H]2CC(C)(C)C(C(=O)Nc3ccccc3SSc3ccccc3NC(=O)C3N4C(=O)[C@@H](NC(=O)[C@H](C)NC)C[C@H](C)O[C@H]4CC3(C)C)N2C1=O. The van der Waals surface area contributed by atoms with Crippen molar-refractivity contribution >= 4 is 68.4 Å². The van der Waals surface area contributed by atoms with Gasteiger partial charge in [0, 0.05) is 29.1 Å². The summed E-state index contributed by atoms with van der Waals surface area (Å²) in [5, 5.41) is 17.7. The van der Waals surface area contributed by atoms with Gasteiger partial charge in [-0.1, -0.05) is 73.5 Å². The third kappa shape index (κ3) is 10.0. The molecule has 16 nitrogen and oxygen atoms in total. The summed E-state index contributed by atoms with van der Waals surface area (Å²) in [4.78, 5) is 87.0. The maximum absolute atomic E-state index is 14.4. The van der Waals surface area contributed by atoms with Crippen molar-refractivity contribution in [1.82, 2.24) is 31.1 Å². The number of likely N-dealkylation sites (N-methyl/N-ethyl adjacent to an activating group) is 2. The number of anilines is 2. The number of carbonyl (C=O) groups is 6. The third-order valence-corrected chi connectivity index (χ3v) is 14.6. The molecule has 61 heavy (non-hydrogen) atoms. The van der Waals surface area contributed by atoms with Crippen LogP contribution in [0.15, 0.2) is 58.3 Å². The minimum absolute atomic E-state index is 0.258. The van der Waals surface area contributed by atoms with Crippen LogP contribution in [0.1, 0.15) is 74.1 Å². The molecule has 4 saturated heterocycles. The second-order valence-electron chi connectivity index (χ2n) is 17.7. The molecule has 2 unspecified atom stereocenters. The van der Waals surface area contributed by atoms with E-state index in [4.69, 9.17) is 9.47 Å². The minimum atomic E-state index is -0.887. The Labute approximate surface area is 365 Å². The Balaban J connectivity index is 1.17. The van der Waals surface area contributed by atoms with Crippen molar-refractivity contribution in [3.63, 3.8) is 0 Å². The van der Waals surface area contributed by atoms with Crippen LogP contribution in [-0.2, 0) is 38.2 Å². The van der Waals surface area contributed by atoms with E-state index in [0.717, 1.165) is 9.79 Å². The van der Waals surface area contributed by atoms with Gasteiger partial charge in [0.2, 0.25) is 35.4 Å². The summed E-state index contributed by atoms with van der Waals surface area (Å²) in [5.74, 6) is -2.09. The van der Waals surface area contributed by atoms with Crippen LogP contribution in [0.3, 0.4) is 0 Å². The van der Waals surface area contributed by atoms with E-state index in [0.29, 0.717) is 30.6 Å². The highest BCUT2D eigenvalue weighted by Crippen LogP contribution is 2.47. The van der Waals surface area contributed by atoms with E-state index >= 15 is 0 Å². The van der Waals surface area contributed by atoms with E-state index < -0.39 is 59.5 Å². The molecule has 2 aromatic rings. The normalized spacial score (nSPS) is 27.8. The van der Waals surface area contributed by atoms with Gasteiger partial charge >= 0.3 is 0 Å². The van der Waals surface area contributed by atoms with Gasteiger partial charge in [0.1, 0.15) is 36.6 Å². The predicted molar refractivity (Wildman–Crippen MR) is 234 cm³/mol. The zero-order valence-electron chi connectivity index (χ0n) is 36.3. The van der Waals surface area contributed by atoms with Gasteiger partial charge in [-0.15, -0.1) is 0 Å². The summed E-state index contributed by atoms with van der Waals surface area (Å²) in [6.45, 7) is 13.3. The topological polar surface area (TPSA) is 200 Å². The summed E-state index contributed by atoms with van der Waals surface area (Å²) in [5.41, 5.74) is -0.210. The van der Waals surface area contributed by atoms with Crippen molar-refractivity contribution in [2.24, 2.45) is 10.8 Å². The molecule has 4 aliphatic heterocycles. The zero-order valence-corrected chi connectivity index (χ0v) is 38.0. The number of nitrogens with one attached hydrogen (secondary N) is 6. The lowest BCUT2D eigenvalue weighted by Gasteiger charge is -2.34. The molecular formula is C43H60N8O8S2. The highest BCUT2D eigenvalue weighted by molar-refractivity contribution is 8.76. The van der Waals surface area contributed by atoms with Crippen molar-refractivity contribution in [3.8, 4) is 0 Å². The number of hydrogen-bond donors (Lipinski definition) is 6. The molecule has 0 aromatic heterocycles. The molecule has 4 heterocycles. The second-order valence-corrected chi connectivity index (χ2v) is 19.9. The average Bonchev–Trinajstić information content (AvgIpc) is 3.55. The van der Waals surface area contributed by atoms with E-state index in [1.165, 1.54) is 31.4 Å². The fourth-order valence-corrected chi connectivity index (χ4v) is 10.9. The molecule has 9 atom stereocenters. The molecule has 18 heteroatoms. The molecule has 0 aliphatic carbocycles. The monoisotopic (exact) mass is 880 g/mol. The lowest BCUT2D eigenvalue weighted by molar-refractivity contribution is -0.149. The molecule has 6 N–H and O–H groups in total. The van der Waals surface area contributed by atoms with Gasteiger partial charge in [-0.3, -0.25) is 28.8 Å². The number of hydrogen-bond acceptors (Lipinski definition) is 12. The molecule has 0 saturated carbocycles. The first-order chi connectivity index (χ1) is 28.9. The van der Waals surface area contributed by atoms with Crippen LogP contribution in [-0.4, -0.2) is 121 Å². The number of ether oxygens (including phenoxy) is 2. The first-order valence-electron chi connectivity index (χ1n) is 20.9. The van der Waals surface area contributed by atoms with Crippen LogP contribution in [0.2, 0.25) is 0 Å². The summed E-state index contributed by atoms with van der Waals surface area (Å²) >= 11 is 0. The van der Waals surface area contributed by atoms with E-state index in [2.05, 4.69) is 31.9 Å². The van der Waals surface area contributed by atoms with E-state index in [9.17, 15) is 28.8 Å². The molecule has 332 valence electrons. The number of carbonyl (C=O) groups excluding carboxylic acids is 6. The first-order valence-corrected chi connectivity index (χ1v) is 23.0. The van der Waals surface area contributed by atoms with Gasteiger partial charge in [-0.25, -0.2) is 0 Å². The first kappa shape index (κ1) is 46.3. The summed E-state index contributed by atoms with van der Waals surface area (Å²) in [7, 11) is 6.12. The fraction of sp³-hybridized carbons (Fsp3) is 0.581. The van der Waals surface area contributed by atoms with Crippen LogP contribution in [0.5, 0.6) is 0 Å².